The molecule has 58 valence electrons. The Morgan fingerprint density at radius 3 is 3.18 bits per heavy atom. The topological polar surface area (TPSA) is 0 Å². The molecule has 0 aliphatic heterocycles. The highest BCUT2D eigenvalue weighted by atomic mass is 14.3. The number of hydrogen-bond acceptors (Lipinski definition) is 0. The van der Waals surface area contributed by atoms with E-state index < -0.39 is 0 Å². The summed E-state index contributed by atoms with van der Waals surface area (Å²) in [6.07, 6.45) is 12.8. The van der Waals surface area contributed by atoms with E-state index in [9.17, 15) is 0 Å². The SMILES string of the molecule is C=CC1CCC2CC=CC=C12. The Balaban J connectivity index is 2.25. The van der Waals surface area contributed by atoms with E-state index in [0.717, 1.165) is 5.92 Å². The van der Waals surface area contributed by atoms with Crippen molar-refractivity contribution in [2.75, 3.05) is 0 Å². The minimum absolute atomic E-state index is 0.685. The average Bonchev–Trinajstić information content (AvgIpc) is 2.47. The maximum absolute atomic E-state index is 3.87. The number of hydrogen-bond donors (Lipinski definition) is 0. The van der Waals surface area contributed by atoms with Crippen molar-refractivity contribution in [2.45, 2.75) is 19.3 Å². The van der Waals surface area contributed by atoms with Gasteiger partial charge in [0.1, 0.15) is 0 Å². The van der Waals surface area contributed by atoms with Crippen molar-refractivity contribution in [3.8, 4) is 0 Å². The summed E-state index contributed by atoms with van der Waals surface area (Å²) in [6.45, 7) is 3.87. The van der Waals surface area contributed by atoms with E-state index in [1.54, 1.807) is 5.57 Å². The second-order valence-electron chi connectivity index (χ2n) is 3.45. The lowest BCUT2D eigenvalue weighted by atomic mass is 9.91. The van der Waals surface area contributed by atoms with Crippen molar-refractivity contribution in [2.24, 2.45) is 11.8 Å². The van der Waals surface area contributed by atoms with Crippen LogP contribution in [0.4, 0.5) is 0 Å². The third kappa shape index (κ3) is 1.07. The largest absolute Gasteiger partial charge is 0.102 e. The highest BCUT2D eigenvalue weighted by molar-refractivity contribution is 5.28. The molecule has 2 rings (SSSR count). The zero-order chi connectivity index (χ0) is 7.68. The van der Waals surface area contributed by atoms with Crippen molar-refractivity contribution in [3.05, 3.63) is 36.5 Å². The molecule has 0 radical (unpaired) electrons. The van der Waals surface area contributed by atoms with E-state index in [1.165, 1.54) is 19.3 Å². The van der Waals surface area contributed by atoms with Crippen LogP contribution in [0.3, 0.4) is 0 Å². The van der Waals surface area contributed by atoms with Gasteiger partial charge in [-0.1, -0.05) is 29.9 Å². The van der Waals surface area contributed by atoms with Gasteiger partial charge in [0.2, 0.25) is 0 Å². The lowest BCUT2D eigenvalue weighted by molar-refractivity contribution is 0.632. The summed E-state index contributed by atoms with van der Waals surface area (Å²) in [5.74, 6) is 1.54. The van der Waals surface area contributed by atoms with Gasteiger partial charge in [0.25, 0.3) is 0 Å². The summed E-state index contributed by atoms with van der Waals surface area (Å²) in [5.41, 5.74) is 1.63. The van der Waals surface area contributed by atoms with Crippen molar-refractivity contribution < 1.29 is 0 Å². The third-order valence-corrected chi connectivity index (χ3v) is 2.86. The molecule has 0 aromatic carbocycles. The van der Waals surface area contributed by atoms with Crippen LogP contribution < -0.4 is 0 Å². The molecular weight excluding hydrogens is 132 g/mol. The molecule has 0 N–H and O–H groups in total. The molecular formula is C11H14. The van der Waals surface area contributed by atoms with Gasteiger partial charge in [0.15, 0.2) is 0 Å². The van der Waals surface area contributed by atoms with Crippen LogP contribution >= 0.6 is 0 Å². The van der Waals surface area contributed by atoms with E-state index in [2.05, 4.69) is 30.9 Å². The Morgan fingerprint density at radius 2 is 2.36 bits per heavy atom. The minimum atomic E-state index is 0.685. The van der Waals surface area contributed by atoms with Gasteiger partial charge in [0, 0.05) is 0 Å². The Morgan fingerprint density at radius 1 is 1.45 bits per heavy atom. The Kier molecular flexibility index (Phi) is 1.69. The van der Waals surface area contributed by atoms with Crippen LogP contribution in [0, 0.1) is 11.8 Å². The Bertz CT molecular complexity index is 220. The molecule has 11 heavy (non-hydrogen) atoms. The lowest BCUT2D eigenvalue weighted by Gasteiger charge is -2.14. The fraction of sp³-hybridized carbons (Fsp3) is 0.455. The molecule has 1 fully saturated rings. The van der Waals surface area contributed by atoms with Crippen LogP contribution in [0.2, 0.25) is 0 Å². The first-order valence-corrected chi connectivity index (χ1v) is 4.41. The summed E-state index contributed by atoms with van der Waals surface area (Å²) < 4.78 is 0. The highest BCUT2D eigenvalue weighted by Crippen LogP contribution is 2.40. The van der Waals surface area contributed by atoms with E-state index in [-0.39, 0.29) is 0 Å². The van der Waals surface area contributed by atoms with Crippen LogP contribution in [0.25, 0.3) is 0 Å². The minimum Gasteiger partial charge on any atom is -0.102 e. The zero-order valence-electron chi connectivity index (χ0n) is 6.79. The monoisotopic (exact) mass is 146 g/mol. The maximum Gasteiger partial charge on any atom is -0.00197 e. The van der Waals surface area contributed by atoms with Gasteiger partial charge in [-0.15, -0.1) is 6.58 Å². The van der Waals surface area contributed by atoms with E-state index >= 15 is 0 Å². The molecule has 2 unspecified atom stereocenters. The summed E-state index contributed by atoms with van der Waals surface area (Å²) in [6, 6.07) is 0. The number of fused-ring (bicyclic) bond motifs is 1. The van der Waals surface area contributed by atoms with Crippen LogP contribution in [0.5, 0.6) is 0 Å². The smallest absolute Gasteiger partial charge is 0.00197 e. The maximum atomic E-state index is 3.87. The van der Waals surface area contributed by atoms with E-state index in [1.807, 2.05) is 0 Å². The first-order valence-electron chi connectivity index (χ1n) is 4.41. The van der Waals surface area contributed by atoms with Gasteiger partial charge < -0.3 is 0 Å². The van der Waals surface area contributed by atoms with Crippen molar-refractivity contribution in [1.82, 2.24) is 0 Å². The van der Waals surface area contributed by atoms with Crippen LogP contribution in [0.15, 0.2) is 36.5 Å². The van der Waals surface area contributed by atoms with Gasteiger partial charge >= 0.3 is 0 Å². The predicted molar refractivity (Wildman–Crippen MR) is 48.3 cm³/mol. The van der Waals surface area contributed by atoms with Gasteiger partial charge in [-0.05, 0) is 31.1 Å². The Hall–Kier alpha value is -0.780. The molecule has 0 spiro atoms. The van der Waals surface area contributed by atoms with E-state index in [4.69, 9.17) is 0 Å². The lowest BCUT2D eigenvalue weighted by Crippen LogP contribution is -2.01. The summed E-state index contributed by atoms with van der Waals surface area (Å²) in [5, 5.41) is 0. The molecule has 0 aromatic rings. The molecule has 0 bridgehead atoms. The normalized spacial score (nSPS) is 34.7. The molecule has 0 nitrogen and oxygen atoms in total. The highest BCUT2D eigenvalue weighted by Gasteiger charge is 2.27. The second-order valence-corrected chi connectivity index (χ2v) is 3.45. The molecule has 2 atom stereocenters. The van der Waals surface area contributed by atoms with Crippen LogP contribution in [-0.4, -0.2) is 0 Å². The zero-order valence-corrected chi connectivity index (χ0v) is 6.79. The van der Waals surface area contributed by atoms with E-state index in [0.29, 0.717) is 5.92 Å². The number of rotatable bonds is 1. The van der Waals surface area contributed by atoms with Gasteiger partial charge in [0.05, 0.1) is 0 Å². The number of allylic oxidation sites excluding steroid dienone is 5. The molecule has 2 aliphatic carbocycles. The van der Waals surface area contributed by atoms with Gasteiger partial charge in [-0.25, -0.2) is 0 Å². The first-order chi connectivity index (χ1) is 5.42. The standard InChI is InChI=1S/C11H14/c1-2-9-7-8-10-5-3-4-6-11(9)10/h2-4,6,9-10H,1,5,7-8H2. The fourth-order valence-electron chi connectivity index (χ4n) is 2.21. The van der Waals surface area contributed by atoms with Crippen LogP contribution in [-0.2, 0) is 0 Å². The summed E-state index contributed by atoms with van der Waals surface area (Å²) in [4.78, 5) is 0. The first kappa shape index (κ1) is 6.90. The van der Waals surface area contributed by atoms with Gasteiger partial charge in [-0.2, -0.15) is 0 Å². The molecule has 0 saturated heterocycles. The van der Waals surface area contributed by atoms with Crippen molar-refractivity contribution in [3.63, 3.8) is 0 Å². The Labute approximate surface area is 68.3 Å². The molecule has 0 aromatic heterocycles. The summed E-state index contributed by atoms with van der Waals surface area (Å²) >= 11 is 0. The molecule has 0 heteroatoms. The second kappa shape index (κ2) is 2.69. The predicted octanol–water partition coefficient (Wildman–Crippen LogP) is 3.08. The average molecular weight is 146 g/mol. The third-order valence-electron chi connectivity index (χ3n) is 2.86. The molecule has 0 heterocycles. The van der Waals surface area contributed by atoms with Crippen molar-refractivity contribution in [1.29, 1.82) is 0 Å². The van der Waals surface area contributed by atoms with Crippen LogP contribution in [0.1, 0.15) is 19.3 Å². The van der Waals surface area contributed by atoms with Gasteiger partial charge in [-0.3, -0.25) is 0 Å². The fourth-order valence-corrected chi connectivity index (χ4v) is 2.21. The molecule has 0 amide bonds. The van der Waals surface area contributed by atoms with Crippen molar-refractivity contribution >= 4 is 0 Å². The summed E-state index contributed by atoms with van der Waals surface area (Å²) in [7, 11) is 0. The molecule has 1 saturated carbocycles. The quantitative estimate of drug-likeness (QED) is 0.499. The molecule has 2 aliphatic rings.